The standard InChI is InChI=1S/C17H21BrN2O3/c1-5-8-20(10-15(21)19(3)4)17(22)16-11(2)13-9-12(18)6-7-14(13)23-16/h6-7,9H,5,8,10H2,1-4H3. The molecule has 0 aliphatic carbocycles. The Kier molecular flexibility index (Phi) is 5.46. The molecule has 0 radical (unpaired) electrons. The highest BCUT2D eigenvalue weighted by molar-refractivity contribution is 9.10. The van der Waals surface area contributed by atoms with Gasteiger partial charge in [-0.2, -0.15) is 0 Å². The first-order chi connectivity index (χ1) is 10.8. The van der Waals surface area contributed by atoms with E-state index < -0.39 is 0 Å². The first-order valence-corrected chi connectivity index (χ1v) is 8.32. The average Bonchev–Trinajstić information content (AvgIpc) is 2.82. The van der Waals surface area contributed by atoms with E-state index in [0.29, 0.717) is 17.9 Å². The Labute approximate surface area is 144 Å². The molecule has 0 saturated heterocycles. The van der Waals surface area contributed by atoms with Gasteiger partial charge < -0.3 is 14.2 Å². The smallest absolute Gasteiger partial charge is 0.290 e. The van der Waals surface area contributed by atoms with Crippen molar-refractivity contribution in [2.45, 2.75) is 20.3 Å². The van der Waals surface area contributed by atoms with E-state index in [1.165, 1.54) is 4.90 Å². The molecule has 0 fully saturated rings. The Morgan fingerprint density at radius 1 is 1.26 bits per heavy atom. The third-order valence-electron chi connectivity index (χ3n) is 3.70. The summed E-state index contributed by atoms with van der Waals surface area (Å²) in [5.41, 5.74) is 1.47. The van der Waals surface area contributed by atoms with E-state index in [1.807, 2.05) is 32.0 Å². The minimum Gasteiger partial charge on any atom is -0.451 e. The van der Waals surface area contributed by atoms with Crippen molar-refractivity contribution in [1.29, 1.82) is 0 Å². The summed E-state index contributed by atoms with van der Waals surface area (Å²) in [4.78, 5) is 27.8. The number of furan rings is 1. The van der Waals surface area contributed by atoms with Gasteiger partial charge in [-0.1, -0.05) is 22.9 Å². The van der Waals surface area contributed by atoms with E-state index in [9.17, 15) is 9.59 Å². The van der Waals surface area contributed by atoms with Gasteiger partial charge in [-0.3, -0.25) is 9.59 Å². The molecule has 0 unspecified atom stereocenters. The lowest BCUT2D eigenvalue weighted by atomic mass is 10.1. The minimum atomic E-state index is -0.244. The third kappa shape index (κ3) is 3.75. The fourth-order valence-corrected chi connectivity index (χ4v) is 2.73. The van der Waals surface area contributed by atoms with E-state index in [-0.39, 0.29) is 18.4 Å². The van der Waals surface area contributed by atoms with Crippen LogP contribution in [0.15, 0.2) is 27.1 Å². The highest BCUT2D eigenvalue weighted by Gasteiger charge is 2.25. The molecule has 1 aromatic carbocycles. The molecule has 1 heterocycles. The monoisotopic (exact) mass is 380 g/mol. The lowest BCUT2D eigenvalue weighted by Crippen LogP contribution is -2.40. The van der Waals surface area contributed by atoms with Crippen molar-refractivity contribution in [2.24, 2.45) is 0 Å². The van der Waals surface area contributed by atoms with Crippen LogP contribution in [0.25, 0.3) is 11.0 Å². The molecular weight excluding hydrogens is 360 g/mol. The molecule has 5 nitrogen and oxygen atoms in total. The van der Waals surface area contributed by atoms with Crippen LogP contribution in [0.4, 0.5) is 0 Å². The summed E-state index contributed by atoms with van der Waals surface area (Å²) in [5.74, 6) is -0.0479. The van der Waals surface area contributed by atoms with Gasteiger partial charge >= 0.3 is 0 Å². The number of fused-ring (bicyclic) bond motifs is 1. The van der Waals surface area contributed by atoms with E-state index >= 15 is 0 Å². The maximum Gasteiger partial charge on any atom is 0.290 e. The van der Waals surface area contributed by atoms with Gasteiger partial charge in [0.25, 0.3) is 5.91 Å². The number of nitrogens with zero attached hydrogens (tertiary/aromatic N) is 2. The van der Waals surface area contributed by atoms with Crippen LogP contribution in [0, 0.1) is 6.92 Å². The lowest BCUT2D eigenvalue weighted by molar-refractivity contribution is -0.129. The Morgan fingerprint density at radius 3 is 2.57 bits per heavy atom. The summed E-state index contributed by atoms with van der Waals surface area (Å²) in [6.07, 6.45) is 0.775. The van der Waals surface area contributed by atoms with Crippen LogP contribution in [0.5, 0.6) is 0 Å². The molecule has 0 N–H and O–H groups in total. The van der Waals surface area contributed by atoms with Crippen LogP contribution in [0.3, 0.4) is 0 Å². The summed E-state index contributed by atoms with van der Waals surface area (Å²) >= 11 is 3.43. The number of aryl methyl sites for hydroxylation is 1. The molecule has 1 aromatic heterocycles. The van der Waals surface area contributed by atoms with Crippen molar-refractivity contribution in [3.63, 3.8) is 0 Å². The quantitative estimate of drug-likeness (QED) is 0.797. The number of carbonyl (C=O) groups excluding carboxylic acids is 2. The van der Waals surface area contributed by atoms with Crippen LogP contribution in [0.1, 0.15) is 29.5 Å². The van der Waals surface area contributed by atoms with Crippen molar-refractivity contribution in [2.75, 3.05) is 27.2 Å². The molecule has 2 rings (SSSR count). The zero-order valence-corrected chi connectivity index (χ0v) is 15.4. The van der Waals surface area contributed by atoms with Crippen LogP contribution >= 0.6 is 15.9 Å². The predicted octanol–water partition coefficient (Wildman–Crippen LogP) is 3.44. The van der Waals surface area contributed by atoms with Gasteiger partial charge in [0.15, 0.2) is 5.76 Å². The zero-order chi connectivity index (χ0) is 17.1. The molecule has 0 aliphatic heterocycles. The van der Waals surface area contributed by atoms with E-state index in [1.54, 1.807) is 19.0 Å². The van der Waals surface area contributed by atoms with Gasteiger partial charge in [-0.15, -0.1) is 0 Å². The average molecular weight is 381 g/mol. The number of halogens is 1. The van der Waals surface area contributed by atoms with E-state index in [0.717, 1.165) is 21.8 Å². The largest absolute Gasteiger partial charge is 0.451 e. The molecule has 6 heteroatoms. The number of hydrogen-bond donors (Lipinski definition) is 0. The topological polar surface area (TPSA) is 53.8 Å². The maximum atomic E-state index is 12.8. The number of hydrogen-bond acceptors (Lipinski definition) is 3. The summed E-state index contributed by atoms with van der Waals surface area (Å²) in [6.45, 7) is 4.41. The van der Waals surface area contributed by atoms with Gasteiger partial charge in [0.2, 0.25) is 5.91 Å². The van der Waals surface area contributed by atoms with Gasteiger partial charge in [0.05, 0.1) is 0 Å². The van der Waals surface area contributed by atoms with Gasteiger partial charge in [0.1, 0.15) is 12.1 Å². The number of carbonyl (C=O) groups is 2. The molecule has 2 aromatic rings. The Morgan fingerprint density at radius 2 is 1.96 bits per heavy atom. The van der Waals surface area contributed by atoms with Gasteiger partial charge in [-0.05, 0) is 31.5 Å². The van der Waals surface area contributed by atoms with Gasteiger partial charge in [-0.25, -0.2) is 0 Å². The molecule has 2 amide bonds. The fourth-order valence-electron chi connectivity index (χ4n) is 2.37. The molecule has 0 saturated carbocycles. The molecule has 0 atom stereocenters. The first kappa shape index (κ1) is 17.5. The van der Waals surface area contributed by atoms with E-state index in [4.69, 9.17) is 4.42 Å². The summed E-state index contributed by atoms with van der Waals surface area (Å²) in [5, 5.41) is 0.901. The highest BCUT2D eigenvalue weighted by atomic mass is 79.9. The van der Waals surface area contributed by atoms with Crippen LogP contribution in [-0.4, -0.2) is 48.8 Å². The number of benzene rings is 1. The molecule has 0 spiro atoms. The number of rotatable bonds is 5. The summed E-state index contributed by atoms with van der Waals surface area (Å²) < 4.78 is 6.68. The minimum absolute atomic E-state index is 0.0554. The predicted molar refractivity (Wildman–Crippen MR) is 93.5 cm³/mol. The second kappa shape index (κ2) is 7.17. The first-order valence-electron chi connectivity index (χ1n) is 7.53. The summed E-state index contributed by atoms with van der Waals surface area (Å²) in [7, 11) is 3.36. The van der Waals surface area contributed by atoms with Crippen molar-refractivity contribution in [3.05, 3.63) is 34.0 Å². The maximum absolute atomic E-state index is 12.8. The SMILES string of the molecule is CCCN(CC(=O)N(C)C)C(=O)c1oc2ccc(Br)cc2c1C. The molecular formula is C17H21BrN2O3. The number of likely N-dealkylation sites (N-methyl/N-ethyl adjacent to an activating group) is 1. The Hall–Kier alpha value is -1.82. The second-order valence-corrected chi connectivity index (χ2v) is 6.63. The normalized spacial score (nSPS) is 10.8. The molecule has 0 bridgehead atoms. The number of amides is 2. The molecule has 23 heavy (non-hydrogen) atoms. The van der Waals surface area contributed by atoms with E-state index in [2.05, 4.69) is 15.9 Å². The Bertz CT molecular complexity index is 737. The third-order valence-corrected chi connectivity index (χ3v) is 4.19. The van der Waals surface area contributed by atoms with Crippen LogP contribution in [0.2, 0.25) is 0 Å². The Balaban J connectivity index is 2.36. The van der Waals surface area contributed by atoms with Crippen LogP contribution in [-0.2, 0) is 4.79 Å². The van der Waals surface area contributed by atoms with Crippen molar-refractivity contribution < 1.29 is 14.0 Å². The van der Waals surface area contributed by atoms with Crippen molar-refractivity contribution >= 4 is 38.7 Å². The molecule has 0 aliphatic rings. The summed E-state index contributed by atoms with van der Waals surface area (Å²) in [6, 6.07) is 5.64. The van der Waals surface area contributed by atoms with Crippen molar-refractivity contribution in [1.82, 2.24) is 9.80 Å². The van der Waals surface area contributed by atoms with Crippen molar-refractivity contribution in [3.8, 4) is 0 Å². The highest BCUT2D eigenvalue weighted by Crippen LogP contribution is 2.28. The lowest BCUT2D eigenvalue weighted by Gasteiger charge is -2.22. The second-order valence-electron chi connectivity index (χ2n) is 5.71. The zero-order valence-electron chi connectivity index (χ0n) is 13.9. The van der Waals surface area contributed by atoms with Crippen LogP contribution < -0.4 is 0 Å². The fraction of sp³-hybridized carbons (Fsp3) is 0.412. The molecule has 124 valence electrons. The van der Waals surface area contributed by atoms with Gasteiger partial charge in [0, 0.05) is 36.1 Å².